The third-order valence-corrected chi connectivity index (χ3v) is 8.51. The molecule has 4 aromatic rings. The maximum absolute atomic E-state index is 13.1. The van der Waals surface area contributed by atoms with Gasteiger partial charge in [-0.3, -0.25) is 5.32 Å². The summed E-state index contributed by atoms with van der Waals surface area (Å²) in [5, 5.41) is 3.28. The van der Waals surface area contributed by atoms with E-state index in [1.54, 1.807) is 55.5 Å². The van der Waals surface area contributed by atoms with Crippen LogP contribution in [0.15, 0.2) is 88.0 Å². The molecular weight excluding hydrogens is 456 g/mol. The molecule has 0 saturated heterocycles. The Kier molecular flexibility index (Phi) is 6.57. The maximum Gasteiger partial charge on any atom is 0.411 e. The molecule has 1 N–H and O–H groups in total. The summed E-state index contributed by atoms with van der Waals surface area (Å²) in [5.74, 6) is 0. The number of carbonyl (C=O) groups is 1. The number of aromatic nitrogens is 1. The van der Waals surface area contributed by atoms with Crippen LogP contribution in [-0.2, 0) is 21.2 Å². The molecule has 4 rings (SSSR count). The highest BCUT2D eigenvalue weighted by Crippen LogP contribution is 2.34. The number of sulfone groups is 1. The number of benzene rings is 3. The zero-order chi connectivity index (χ0) is 23.4. The Labute approximate surface area is 196 Å². The first kappa shape index (κ1) is 22.7. The van der Waals surface area contributed by atoms with Crippen molar-refractivity contribution in [1.82, 2.24) is 4.98 Å². The van der Waals surface area contributed by atoms with Crippen molar-refractivity contribution >= 4 is 33.0 Å². The van der Waals surface area contributed by atoms with E-state index in [4.69, 9.17) is 4.74 Å². The highest BCUT2D eigenvalue weighted by molar-refractivity contribution is 7.93. The predicted molar refractivity (Wildman–Crippen MR) is 129 cm³/mol. The number of nitrogens with zero attached hydrogens (tertiary/aromatic N) is 1. The molecule has 8 heteroatoms. The first-order valence-corrected chi connectivity index (χ1v) is 12.5. The summed E-state index contributed by atoms with van der Waals surface area (Å²) in [6, 6.07) is 23.2. The van der Waals surface area contributed by atoms with Crippen LogP contribution in [0.4, 0.5) is 10.5 Å². The van der Waals surface area contributed by atoms with Crippen molar-refractivity contribution in [1.29, 1.82) is 0 Å². The van der Waals surface area contributed by atoms with Crippen LogP contribution in [0.1, 0.15) is 16.8 Å². The molecule has 0 saturated carbocycles. The molecule has 0 unspecified atom stereocenters. The highest BCUT2D eigenvalue weighted by Gasteiger charge is 2.24. The largest absolute Gasteiger partial charge is 0.444 e. The van der Waals surface area contributed by atoms with E-state index in [0.29, 0.717) is 16.4 Å². The Morgan fingerprint density at radius 3 is 2.27 bits per heavy atom. The fraction of sp³-hybridized carbons (Fsp3) is 0.120. The van der Waals surface area contributed by atoms with Gasteiger partial charge in [-0.15, -0.1) is 11.3 Å². The number of ether oxygens (including phenoxy) is 1. The second-order valence-electron chi connectivity index (χ2n) is 7.47. The van der Waals surface area contributed by atoms with Gasteiger partial charge in [-0.05, 0) is 55.8 Å². The number of hydrogen-bond donors (Lipinski definition) is 1. The molecule has 0 aliphatic carbocycles. The number of aryl methyl sites for hydroxylation is 2. The molecular formula is C25H22N2O4S2. The number of nitrogens with one attached hydrogen (secondary N) is 1. The van der Waals surface area contributed by atoms with Crippen LogP contribution in [0.25, 0.3) is 10.6 Å². The van der Waals surface area contributed by atoms with Gasteiger partial charge >= 0.3 is 6.09 Å². The summed E-state index contributed by atoms with van der Waals surface area (Å²) >= 11 is 1.13. The number of hydrogen-bond acceptors (Lipinski definition) is 6. The molecule has 0 bridgehead atoms. The molecule has 1 heterocycles. The minimum atomic E-state index is -3.64. The Hall–Kier alpha value is -3.49. The minimum Gasteiger partial charge on any atom is -0.444 e. The van der Waals surface area contributed by atoms with E-state index in [1.165, 1.54) is 0 Å². The van der Waals surface area contributed by atoms with Gasteiger partial charge in [-0.1, -0.05) is 48.0 Å². The fourth-order valence-electron chi connectivity index (χ4n) is 3.15. The smallest absolute Gasteiger partial charge is 0.411 e. The van der Waals surface area contributed by atoms with E-state index in [9.17, 15) is 13.2 Å². The third kappa shape index (κ3) is 5.30. The van der Waals surface area contributed by atoms with E-state index in [2.05, 4.69) is 10.3 Å². The maximum atomic E-state index is 13.1. The second-order valence-corrected chi connectivity index (χ2v) is 10.6. The van der Waals surface area contributed by atoms with Gasteiger partial charge in [0.2, 0.25) is 9.84 Å². The average Bonchev–Trinajstić information content (AvgIpc) is 3.22. The fourth-order valence-corrected chi connectivity index (χ4v) is 6.07. The summed E-state index contributed by atoms with van der Waals surface area (Å²) in [7, 11) is -3.64. The molecule has 1 aromatic heterocycles. The lowest BCUT2D eigenvalue weighted by Crippen LogP contribution is -2.13. The zero-order valence-corrected chi connectivity index (χ0v) is 19.7. The summed E-state index contributed by atoms with van der Waals surface area (Å²) in [6.07, 6.45) is -0.553. The van der Waals surface area contributed by atoms with Crippen molar-refractivity contribution in [2.45, 2.75) is 29.6 Å². The topological polar surface area (TPSA) is 85.4 Å². The van der Waals surface area contributed by atoms with E-state index in [-0.39, 0.29) is 15.7 Å². The van der Waals surface area contributed by atoms with Crippen LogP contribution in [0.2, 0.25) is 0 Å². The van der Waals surface area contributed by atoms with Crippen molar-refractivity contribution < 1.29 is 17.9 Å². The summed E-state index contributed by atoms with van der Waals surface area (Å²) < 4.78 is 31.6. The second kappa shape index (κ2) is 9.56. The van der Waals surface area contributed by atoms with Gasteiger partial charge in [0.15, 0.2) is 0 Å². The SMILES string of the molecule is Cc1ccc(S(=O)(=O)c2sc(-c3ccc(NC(=O)OCc4ccccc4)cc3)nc2C)cc1. The van der Waals surface area contributed by atoms with Crippen LogP contribution < -0.4 is 5.32 Å². The summed E-state index contributed by atoms with van der Waals surface area (Å²) in [6.45, 7) is 3.79. The van der Waals surface area contributed by atoms with E-state index in [1.807, 2.05) is 37.3 Å². The summed E-state index contributed by atoms with van der Waals surface area (Å²) in [5.41, 5.74) is 3.68. The zero-order valence-electron chi connectivity index (χ0n) is 18.1. The molecule has 0 atom stereocenters. The Bertz CT molecular complexity index is 1360. The predicted octanol–water partition coefficient (Wildman–Crippen LogP) is 6.01. The van der Waals surface area contributed by atoms with Gasteiger partial charge in [0.05, 0.1) is 10.6 Å². The molecule has 0 fully saturated rings. The van der Waals surface area contributed by atoms with Crippen molar-refractivity contribution in [2.75, 3.05) is 5.32 Å². The van der Waals surface area contributed by atoms with E-state index in [0.717, 1.165) is 28.0 Å². The number of thiazole rings is 1. The lowest BCUT2D eigenvalue weighted by atomic mass is 10.2. The molecule has 6 nitrogen and oxygen atoms in total. The summed E-state index contributed by atoms with van der Waals surface area (Å²) in [4.78, 5) is 16.8. The molecule has 33 heavy (non-hydrogen) atoms. The quantitative estimate of drug-likeness (QED) is 0.367. The third-order valence-electron chi connectivity index (χ3n) is 4.92. The van der Waals surface area contributed by atoms with Crippen LogP contribution in [0, 0.1) is 13.8 Å². The van der Waals surface area contributed by atoms with Crippen molar-refractivity contribution in [3.8, 4) is 10.6 Å². The molecule has 0 aliphatic rings. The van der Waals surface area contributed by atoms with Gasteiger partial charge in [-0.25, -0.2) is 18.2 Å². The molecule has 168 valence electrons. The Morgan fingerprint density at radius 1 is 0.939 bits per heavy atom. The number of anilines is 1. The van der Waals surface area contributed by atoms with E-state index < -0.39 is 15.9 Å². The van der Waals surface area contributed by atoms with Crippen LogP contribution in [0.3, 0.4) is 0 Å². The van der Waals surface area contributed by atoms with E-state index >= 15 is 0 Å². The number of amides is 1. The monoisotopic (exact) mass is 478 g/mol. The van der Waals surface area contributed by atoms with Gasteiger partial charge in [-0.2, -0.15) is 0 Å². The minimum absolute atomic E-state index is 0.182. The molecule has 0 aliphatic heterocycles. The molecule has 3 aromatic carbocycles. The normalized spacial score (nSPS) is 11.2. The first-order valence-electron chi connectivity index (χ1n) is 10.2. The Balaban J connectivity index is 1.46. The van der Waals surface area contributed by atoms with Gasteiger partial charge < -0.3 is 4.74 Å². The van der Waals surface area contributed by atoms with Crippen LogP contribution >= 0.6 is 11.3 Å². The lowest BCUT2D eigenvalue weighted by molar-refractivity contribution is 0.155. The molecule has 0 spiro atoms. The van der Waals surface area contributed by atoms with Gasteiger partial charge in [0.25, 0.3) is 0 Å². The van der Waals surface area contributed by atoms with Crippen molar-refractivity contribution in [2.24, 2.45) is 0 Å². The standard InChI is InChI=1S/C25H22N2O4S2/c1-17-8-14-22(15-9-17)33(29,30)24-18(2)26-23(32-24)20-10-12-21(13-11-20)27-25(28)31-16-19-6-4-3-5-7-19/h3-15H,16H2,1-2H3,(H,27,28). The number of carbonyl (C=O) groups excluding carboxylic acids is 1. The van der Waals surface area contributed by atoms with Crippen LogP contribution in [-0.4, -0.2) is 19.5 Å². The van der Waals surface area contributed by atoms with Crippen molar-refractivity contribution in [3.05, 3.63) is 95.7 Å². The average molecular weight is 479 g/mol. The lowest BCUT2D eigenvalue weighted by Gasteiger charge is -2.07. The van der Waals surface area contributed by atoms with Crippen LogP contribution in [0.5, 0.6) is 0 Å². The number of rotatable bonds is 6. The molecule has 1 amide bonds. The highest BCUT2D eigenvalue weighted by atomic mass is 32.2. The van der Waals surface area contributed by atoms with Gasteiger partial charge in [0.1, 0.15) is 15.8 Å². The van der Waals surface area contributed by atoms with Gasteiger partial charge in [0, 0.05) is 11.3 Å². The molecule has 0 radical (unpaired) electrons. The Morgan fingerprint density at radius 2 is 1.61 bits per heavy atom. The first-order chi connectivity index (χ1) is 15.8. The van der Waals surface area contributed by atoms with Crippen molar-refractivity contribution in [3.63, 3.8) is 0 Å².